The molecule has 4 heterocycles. The van der Waals surface area contributed by atoms with Gasteiger partial charge < -0.3 is 4.90 Å². The molecule has 0 bridgehead atoms. The lowest BCUT2D eigenvalue weighted by Gasteiger charge is -2.35. The zero-order valence-corrected chi connectivity index (χ0v) is 14.8. The van der Waals surface area contributed by atoms with Gasteiger partial charge in [0.2, 0.25) is 5.91 Å². The minimum Gasteiger partial charge on any atom is -0.341 e. The first kappa shape index (κ1) is 16.1. The van der Waals surface area contributed by atoms with Gasteiger partial charge in [0.15, 0.2) is 5.65 Å². The summed E-state index contributed by atoms with van der Waals surface area (Å²) in [4.78, 5) is 19.5. The maximum absolute atomic E-state index is 13.0. The van der Waals surface area contributed by atoms with Crippen molar-refractivity contribution in [2.45, 2.75) is 56.7 Å². The minimum absolute atomic E-state index is 0.0642. The van der Waals surface area contributed by atoms with Crippen LogP contribution in [0.5, 0.6) is 0 Å². The van der Waals surface area contributed by atoms with Crippen LogP contribution in [0, 0.1) is 5.92 Å². The standard InChI is InChI=1S/C18H25N7O/c26-18(16-13-4-1-2-5-14(13)20-22-16)24-10-7-12(8-11-24)25-17-15(21-23-25)6-3-9-19-17/h3,6,9,12-14,16,20,22H,1-2,4-5,7-8,10-11H2. The fourth-order valence-electron chi connectivity index (χ4n) is 4.84. The monoisotopic (exact) mass is 355 g/mol. The second-order valence-electron chi connectivity index (χ2n) is 7.76. The third-order valence-electron chi connectivity index (χ3n) is 6.29. The van der Waals surface area contributed by atoms with E-state index in [0.29, 0.717) is 12.0 Å². The van der Waals surface area contributed by atoms with Gasteiger partial charge in [-0.1, -0.05) is 18.1 Å². The predicted octanol–water partition coefficient (Wildman–Crippen LogP) is 1.02. The van der Waals surface area contributed by atoms with E-state index < -0.39 is 0 Å². The quantitative estimate of drug-likeness (QED) is 0.836. The lowest BCUT2D eigenvalue weighted by atomic mass is 9.81. The average Bonchev–Trinajstić information content (AvgIpc) is 3.32. The van der Waals surface area contributed by atoms with Crippen LogP contribution in [0.25, 0.3) is 11.2 Å². The number of hydrazine groups is 1. The maximum Gasteiger partial charge on any atom is 0.241 e. The van der Waals surface area contributed by atoms with Crippen molar-refractivity contribution in [1.29, 1.82) is 0 Å². The van der Waals surface area contributed by atoms with E-state index >= 15 is 0 Å². The lowest BCUT2D eigenvalue weighted by molar-refractivity contribution is -0.135. The Labute approximate surface area is 152 Å². The topological polar surface area (TPSA) is 88.0 Å². The summed E-state index contributed by atoms with van der Waals surface area (Å²) in [5.74, 6) is 0.698. The molecule has 1 amide bonds. The van der Waals surface area contributed by atoms with Crippen LogP contribution in [-0.2, 0) is 4.79 Å². The molecule has 2 aromatic heterocycles. The lowest BCUT2D eigenvalue weighted by Crippen LogP contribution is -2.50. The van der Waals surface area contributed by atoms with Crippen molar-refractivity contribution in [1.82, 2.24) is 35.7 Å². The second kappa shape index (κ2) is 6.59. The van der Waals surface area contributed by atoms with Crippen molar-refractivity contribution in [3.05, 3.63) is 18.3 Å². The van der Waals surface area contributed by atoms with Crippen LogP contribution < -0.4 is 10.9 Å². The number of piperidine rings is 1. The molecule has 8 heteroatoms. The van der Waals surface area contributed by atoms with Gasteiger partial charge in [-0.25, -0.2) is 15.1 Å². The molecule has 8 nitrogen and oxygen atoms in total. The number of fused-ring (bicyclic) bond motifs is 2. The van der Waals surface area contributed by atoms with Crippen LogP contribution in [-0.4, -0.2) is 56.0 Å². The third-order valence-corrected chi connectivity index (χ3v) is 6.29. The Bertz CT molecular complexity index is 798. The molecule has 1 saturated carbocycles. The summed E-state index contributed by atoms with van der Waals surface area (Å²) in [5.41, 5.74) is 8.30. The maximum atomic E-state index is 13.0. The van der Waals surface area contributed by atoms with E-state index in [1.165, 1.54) is 19.3 Å². The third kappa shape index (κ3) is 2.68. The first-order chi connectivity index (χ1) is 12.8. The number of carbonyl (C=O) groups is 1. The molecule has 3 aliphatic rings. The van der Waals surface area contributed by atoms with Crippen molar-refractivity contribution in [3.63, 3.8) is 0 Å². The van der Waals surface area contributed by atoms with Gasteiger partial charge in [0.25, 0.3) is 0 Å². The minimum atomic E-state index is -0.0642. The van der Waals surface area contributed by atoms with Crippen LogP contribution >= 0.6 is 0 Å². The Morgan fingerprint density at radius 2 is 1.96 bits per heavy atom. The highest BCUT2D eigenvalue weighted by Gasteiger charge is 2.43. The van der Waals surface area contributed by atoms with Gasteiger partial charge in [-0.15, -0.1) is 5.10 Å². The fraction of sp³-hybridized carbons (Fsp3) is 0.667. The number of pyridine rings is 1. The highest BCUT2D eigenvalue weighted by atomic mass is 16.2. The summed E-state index contributed by atoms with van der Waals surface area (Å²) in [7, 11) is 0. The van der Waals surface area contributed by atoms with Crippen LogP contribution in [0.4, 0.5) is 0 Å². The molecule has 0 aromatic carbocycles. The largest absolute Gasteiger partial charge is 0.341 e. The van der Waals surface area contributed by atoms with E-state index in [2.05, 4.69) is 26.1 Å². The number of aromatic nitrogens is 4. The number of carbonyl (C=O) groups excluding carboxylic acids is 1. The smallest absolute Gasteiger partial charge is 0.241 e. The zero-order valence-electron chi connectivity index (χ0n) is 14.8. The van der Waals surface area contributed by atoms with E-state index in [1.54, 1.807) is 6.20 Å². The first-order valence-corrected chi connectivity index (χ1v) is 9.77. The summed E-state index contributed by atoms with van der Waals surface area (Å²) in [6, 6.07) is 4.47. The molecular formula is C18H25N7O. The van der Waals surface area contributed by atoms with Crippen molar-refractivity contribution in [2.75, 3.05) is 13.1 Å². The van der Waals surface area contributed by atoms with Crippen LogP contribution in [0.2, 0.25) is 0 Å². The molecule has 1 aliphatic carbocycles. The van der Waals surface area contributed by atoms with Gasteiger partial charge in [0, 0.05) is 31.2 Å². The highest BCUT2D eigenvalue weighted by molar-refractivity contribution is 5.82. The molecule has 2 saturated heterocycles. The molecule has 2 N–H and O–H groups in total. The molecule has 2 aliphatic heterocycles. The number of likely N-dealkylation sites (tertiary alicyclic amines) is 1. The molecule has 3 fully saturated rings. The molecule has 138 valence electrons. The highest BCUT2D eigenvalue weighted by Crippen LogP contribution is 2.32. The second-order valence-corrected chi connectivity index (χ2v) is 7.76. The van der Waals surface area contributed by atoms with Crippen molar-refractivity contribution in [2.24, 2.45) is 5.92 Å². The number of nitrogens with one attached hydrogen (secondary N) is 2. The van der Waals surface area contributed by atoms with Gasteiger partial charge >= 0.3 is 0 Å². The van der Waals surface area contributed by atoms with Gasteiger partial charge in [0.05, 0.1) is 6.04 Å². The fourth-order valence-corrected chi connectivity index (χ4v) is 4.84. The number of amides is 1. The molecule has 2 aromatic rings. The Hall–Kier alpha value is -2.06. The summed E-state index contributed by atoms with van der Waals surface area (Å²) in [6.07, 6.45) is 8.40. The van der Waals surface area contributed by atoms with Gasteiger partial charge in [-0.05, 0) is 37.8 Å². The van der Waals surface area contributed by atoms with Crippen LogP contribution in [0.1, 0.15) is 44.6 Å². The molecule has 3 unspecified atom stereocenters. The molecule has 0 radical (unpaired) electrons. The molecule has 5 rings (SSSR count). The van der Waals surface area contributed by atoms with Gasteiger partial charge in [-0.2, -0.15) is 0 Å². The summed E-state index contributed by atoms with van der Waals surface area (Å²) in [6.45, 7) is 1.54. The average molecular weight is 355 g/mol. The van der Waals surface area contributed by atoms with Gasteiger partial charge in [0.1, 0.15) is 11.6 Å². The van der Waals surface area contributed by atoms with E-state index in [-0.39, 0.29) is 18.0 Å². The summed E-state index contributed by atoms with van der Waals surface area (Å²) >= 11 is 0. The first-order valence-electron chi connectivity index (χ1n) is 9.77. The number of hydrogen-bond donors (Lipinski definition) is 2. The van der Waals surface area contributed by atoms with Crippen molar-refractivity contribution >= 4 is 17.1 Å². The Morgan fingerprint density at radius 1 is 1.12 bits per heavy atom. The normalized spacial score (nSPS) is 29.8. The van der Waals surface area contributed by atoms with E-state index in [9.17, 15) is 4.79 Å². The summed E-state index contributed by atoms with van der Waals surface area (Å²) < 4.78 is 1.93. The summed E-state index contributed by atoms with van der Waals surface area (Å²) in [5, 5.41) is 8.51. The zero-order chi connectivity index (χ0) is 17.5. The number of nitrogens with zero attached hydrogens (tertiary/aromatic N) is 5. The van der Waals surface area contributed by atoms with E-state index in [1.807, 2.05) is 21.7 Å². The van der Waals surface area contributed by atoms with Crippen molar-refractivity contribution < 1.29 is 4.79 Å². The Kier molecular flexibility index (Phi) is 4.09. The Balaban J connectivity index is 1.25. The SMILES string of the molecule is O=C(C1NNC2CCCCC21)N1CCC(n2nnc3cccnc32)CC1. The van der Waals surface area contributed by atoms with E-state index in [4.69, 9.17) is 0 Å². The van der Waals surface area contributed by atoms with Crippen LogP contribution in [0.15, 0.2) is 18.3 Å². The van der Waals surface area contributed by atoms with Crippen molar-refractivity contribution in [3.8, 4) is 0 Å². The number of hydrogen-bond acceptors (Lipinski definition) is 6. The molecule has 3 atom stereocenters. The number of rotatable bonds is 2. The molecule has 26 heavy (non-hydrogen) atoms. The van der Waals surface area contributed by atoms with Gasteiger partial charge in [-0.3, -0.25) is 10.2 Å². The Morgan fingerprint density at radius 3 is 2.85 bits per heavy atom. The predicted molar refractivity (Wildman–Crippen MR) is 96.0 cm³/mol. The van der Waals surface area contributed by atoms with E-state index in [0.717, 1.165) is 43.5 Å². The van der Waals surface area contributed by atoms with Crippen LogP contribution in [0.3, 0.4) is 0 Å². The molecular weight excluding hydrogens is 330 g/mol. The molecule has 0 spiro atoms.